The molecule has 0 bridgehead atoms. The van der Waals surface area contributed by atoms with Gasteiger partial charge in [0.05, 0.1) is 23.5 Å². The molecule has 3 aromatic carbocycles. The van der Waals surface area contributed by atoms with Crippen molar-refractivity contribution in [3.05, 3.63) is 83.9 Å². The van der Waals surface area contributed by atoms with Crippen LogP contribution in [0.25, 0.3) is 0 Å². The van der Waals surface area contributed by atoms with E-state index < -0.39 is 11.9 Å². The number of aliphatic carboxylic acids is 2. The van der Waals surface area contributed by atoms with Crippen LogP contribution in [0.5, 0.6) is 0 Å². The van der Waals surface area contributed by atoms with Crippen molar-refractivity contribution in [3.8, 4) is 0 Å². The van der Waals surface area contributed by atoms with Crippen LogP contribution in [-0.4, -0.2) is 34.2 Å². The van der Waals surface area contributed by atoms with Gasteiger partial charge in [-0.05, 0) is 48.2 Å². The summed E-state index contributed by atoms with van der Waals surface area (Å²) in [6.45, 7) is 0. The summed E-state index contributed by atoms with van der Waals surface area (Å²) < 4.78 is 0. The minimum atomic E-state index is -1.82. The smallest absolute Gasteiger partial charge is 0.414 e. The van der Waals surface area contributed by atoms with E-state index in [1.807, 2.05) is 12.1 Å². The molecule has 5 rings (SSSR count). The molecule has 2 unspecified atom stereocenters. The van der Waals surface area contributed by atoms with E-state index in [1.165, 1.54) is 22.5 Å². The molecule has 0 saturated heterocycles. The summed E-state index contributed by atoms with van der Waals surface area (Å²) in [6, 6.07) is 25.5. The van der Waals surface area contributed by atoms with Crippen LogP contribution in [-0.2, 0) is 22.4 Å². The van der Waals surface area contributed by atoms with Gasteiger partial charge >= 0.3 is 11.9 Å². The molecule has 3 aromatic rings. The highest BCUT2D eigenvalue weighted by Gasteiger charge is 2.31. The molecule has 0 aromatic heterocycles. The first kappa shape index (κ1) is 22.5. The molecule has 0 fully saturated rings. The third kappa shape index (κ3) is 5.69. The largest absolute Gasteiger partial charge is 0.473 e. The lowest BCUT2D eigenvalue weighted by atomic mass is 10.0. The van der Waals surface area contributed by atoms with Gasteiger partial charge in [-0.25, -0.2) is 9.59 Å². The third-order valence-electron chi connectivity index (χ3n) is 5.26. The molecular formula is C24H26N4O4. The molecule has 32 heavy (non-hydrogen) atoms. The molecule has 8 N–H and O–H groups in total. The molecular weight excluding hydrogens is 408 g/mol. The van der Waals surface area contributed by atoms with Crippen molar-refractivity contribution in [2.24, 2.45) is 0 Å². The van der Waals surface area contributed by atoms with E-state index in [0.717, 1.165) is 12.8 Å². The first-order valence-corrected chi connectivity index (χ1v) is 10.1. The predicted octanol–water partition coefficient (Wildman–Crippen LogP) is 3.07. The van der Waals surface area contributed by atoms with Gasteiger partial charge in [0, 0.05) is 11.4 Å². The maximum Gasteiger partial charge on any atom is 0.414 e. The number of carboxylic acids is 2. The Morgan fingerprint density at radius 1 is 0.656 bits per heavy atom. The van der Waals surface area contributed by atoms with Crippen molar-refractivity contribution in [1.82, 2.24) is 0 Å². The van der Waals surface area contributed by atoms with Crippen molar-refractivity contribution in [1.29, 1.82) is 0 Å². The quantitative estimate of drug-likeness (QED) is 0.253. The van der Waals surface area contributed by atoms with E-state index >= 15 is 0 Å². The molecule has 0 aliphatic carbocycles. The SMILES string of the molecule is Nc1ccccc1N.O=C(O)C(=O)O.c1ccc2c(c1)CC(C1Cc3ccccc3N1)N2. The monoisotopic (exact) mass is 434 g/mol. The Morgan fingerprint density at radius 3 is 1.31 bits per heavy atom. The molecule has 0 amide bonds. The average Bonchev–Trinajstić information content (AvgIpc) is 3.40. The first-order chi connectivity index (χ1) is 15.3. The zero-order valence-corrected chi connectivity index (χ0v) is 17.4. The summed E-state index contributed by atoms with van der Waals surface area (Å²) in [5.74, 6) is -3.65. The Balaban J connectivity index is 0.000000172. The summed E-state index contributed by atoms with van der Waals surface area (Å²) in [5.41, 5.74) is 17.6. The lowest BCUT2D eigenvalue weighted by Crippen LogP contribution is -2.36. The van der Waals surface area contributed by atoms with Crippen molar-refractivity contribution >= 4 is 34.7 Å². The topological polar surface area (TPSA) is 151 Å². The molecule has 8 heteroatoms. The first-order valence-electron chi connectivity index (χ1n) is 10.1. The second-order valence-corrected chi connectivity index (χ2v) is 7.46. The van der Waals surface area contributed by atoms with E-state index in [4.69, 9.17) is 31.3 Å². The number of nitrogen functional groups attached to an aromatic ring is 2. The highest BCUT2D eigenvalue weighted by atomic mass is 16.4. The van der Waals surface area contributed by atoms with Crippen LogP contribution in [0.1, 0.15) is 11.1 Å². The van der Waals surface area contributed by atoms with Crippen LogP contribution in [0.2, 0.25) is 0 Å². The zero-order chi connectivity index (χ0) is 23.1. The molecule has 8 nitrogen and oxygen atoms in total. The maximum atomic E-state index is 9.10. The third-order valence-corrected chi connectivity index (χ3v) is 5.26. The lowest BCUT2D eigenvalue weighted by Gasteiger charge is -2.20. The molecule has 0 saturated carbocycles. The zero-order valence-electron chi connectivity index (χ0n) is 17.4. The fraction of sp³-hybridized carbons (Fsp3) is 0.167. The summed E-state index contributed by atoms with van der Waals surface area (Å²) in [5, 5.41) is 22.1. The molecule has 2 atom stereocenters. The number of carbonyl (C=O) groups is 2. The van der Waals surface area contributed by atoms with Gasteiger partial charge in [0.25, 0.3) is 0 Å². The summed E-state index contributed by atoms with van der Waals surface area (Å²) >= 11 is 0. The van der Waals surface area contributed by atoms with Crippen LogP contribution >= 0.6 is 0 Å². The van der Waals surface area contributed by atoms with Crippen molar-refractivity contribution in [2.75, 3.05) is 22.1 Å². The van der Waals surface area contributed by atoms with Crippen LogP contribution < -0.4 is 22.1 Å². The second kappa shape index (κ2) is 10.2. The van der Waals surface area contributed by atoms with Crippen molar-refractivity contribution in [3.63, 3.8) is 0 Å². The number of rotatable bonds is 1. The van der Waals surface area contributed by atoms with Crippen molar-refractivity contribution < 1.29 is 19.8 Å². The van der Waals surface area contributed by atoms with Gasteiger partial charge < -0.3 is 32.3 Å². The summed E-state index contributed by atoms with van der Waals surface area (Å²) in [4.78, 5) is 18.2. The second-order valence-electron chi connectivity index (χ2n) is 7.46. The number of nitrogens with one attached hydrogen (secondary N) is 2. The number of fused-ring (bicyclic) bond motifs is 2. The lowest BCUT2D eigenvalue weighted by molar-refractivity contribution is -0.159. The maximum absolute atomic E-state index is 9.10. The van der Waals surface area contributed by atoms with Crippen molar-refractivity contribution in [2.45, 2.75) is 24.9 Å². The number of benzene rings is 3. The number of anilines is 4. The number of hydrogen-bond acceptors (Lipinski definition) is 6. The molecule has 2 heterocycles. The minimum Gasteiger partial charge on any atom is -0.473 e. The number of para-hydroxylation sites is 4. The van der Waals surface area contributed by atoms with Gasteiger partial charge in [0.2, 0.25) is 0 Å². The van der Waals surface area contributed by atoms with E-state index in [2.05, 4.69) is 59.2 Å². The fourth-order valence-corrected chi connectivity index (χ4v) is 3.65. The molecule has 166 valence electrons. The van der Waals surface area contributed by atoms with Crippen LogP contribution in [0.3, 0.4) is 0 Å². The van der Waals surface area contributed by atoms with E-state index in [9.17, 15) is 0 Å². The highest BCUT2D eigenvalue weighted by Crippen LogP contribution is 2.33. The Morgan fingerprint density at radius 2 is 1.00 bits per heavy atom. The van der Waals surface area contributed by atoms with E-state index in [1.54, 1.807) is 12.1 Å². The van der Waals surface area contributed by atoms with Gasteiger partial charge in [0.1, 0.15) is 0 Å². The van der Waals surface area contributed by atoms with Gasteiger partial charge in [-0.2, -0.15) is 0 Å². The fourth-order valence-electron chi connectivity index (χ4n) is 3.65. The number of nitrogens with two attached hydrogens (primary N) is 2. The molecule has 2 aliphatic heterocycles. The average molecular weight is 434 g/mol. The molecule has 0 radical (unpaired) electrons. The van der Waals surface area contributed by atoms with E-state index in [0.29, 0.717) is 23.5 Å². The standard InChI is InChI=1S/C16H16N2.C6H8N2.C2H2O4/c1-3-7-13-11(5-1)9-15(17-13)16-10-12-6-2-4-8-14(12)18-16;7-5-3-1-2-4-6(5)8;3-1(4)2(5)6/h1-8,15-18H,9-10H2;1-4H,7-8H2;(H,3,4)(H,5,6). The van der Waals surface area contributed by atoms with Gasteiger partial charge in [-0.15, -0.1) is 0 Å². The normalized spacial score (nSPS) is 17.1. The Hall–Kier alpha value is -4.20. The Kier molecular flexibility index (Phi) is 7.17. The number of hydrogen-bond donors (Lipinski definition) is 6. The Bertz CT molecular complexity index is 966. The highest BCUT2D eigenvalue weighted by molar-refractivity contribution is 6.27. The van der Waals surface area contributed by atoms with Gasteiger partial charge in [0.15, 0.2) is 0 Å². The van der Waals surface area contributed by atoms with Gasteiger partial charge in [-0.1, -0.05) is 48.5 Å². The Labute approximate surface area is 185 Å². The summed E-state index contributed by atoms with van der Waals surface area (Å²) in [7, 11) is 0. The molecule has 2 aliphatic rings. The van der Waals surface area contributed by atoms with E-state index in [-0.39, 0.29) is 0 Å². The minimum absolute atomic E-state index is 0.509. The van der Waals surface area contributed by atoms with Gasteiger partial charge in [-0.3, -0.25) is 0 Å². The number of carboxylic acid groups (broad SMARTS) is 2. The van der Waals surface area contributed by atoms with Crippen LogP contribution in [0.15, 0.2) is 72.8 Å². The predicted molar refractivity (Wildman–Crippen MR) is 126 cm³/mol. The van der Waals surface area contributed by atoms with Crippen LogP contribution in [0.4, 0.5) is 22.7 Å². The molecule has 0 spiro atoms. The summed E-state index contributed by atoms with van der Waals surface area (Å²) in [6.07, 6.45) is 2.25. The van der Waals surface area contributed by atoms with Crippen LogP contribution in [0, 0.1) is 0 Å².